The number of amides is 1. The van der Waals surface area contributed by atoms with Crippen LogP contribution in [-0.2, 0) is 4.74 Å². The van der Waals surface area contributed by atoms with Crippen LogP contribution in [0.25, 0.3) is 0 Å². The first-order valence-electron chi connectivity index (χ1n) is 5.62. The summed E-state index contributed by atoms with van der Waals surface area (Å²) in [5.41, 5.74) is 5.32. The number of hydrogen-bond donors (Lipinski definition) is 2. The molecule has 1 rings (SSSR count). The number of carbonyl (C=O) groups is 1. The van der Waals surface area contributed by atoms with E-state index in [9.17, 15) is 9.90 Å². The van der Waals surface area contributed by atoms with E-state index in [0.29, 0.717) is 13.1 Å². The summed E-state index contributed by atoms with van der Waals surface area (Å²) < 4.78 is 5.21. The molecule has 0 aliphatic carbocycles. The van der Waals surface area contributed by atoms with Crippen LogP contribution in [0.3, 0.4) is 0 Å². The monoisotopic (exact) mass is 230 g/mol. The third-order valence-electron chi connectivity index (χ3n) is 2.66. The van der Waals surface area contributed by atoms with Crippen LogP contribution >= 0.6 is 0 Å². The first-order valence-corrected chi connectivity index (χ1v) is 5.62. The van der Waals surface area contributed by atoms with Crippen molar-refractivity contribution in [3.05, 3.63) is 0 Å². The number of hydrogen-bond acceptors (Lipinski definition) is 4. The quantitative estimate of drug-likeness (QED) is 0.727. The average Bonchev–Trinajstić information content (AvgIpc) is 1.96. The van der Waals surface area contributed by atoms with Crippen LogP contribution in [0.1, 0.15) is 27.7 Å². The number of carbonyl (C=O) groups excluding carboxylic acids is 1. The van der Waals surface area contributed by atoms with E-state index in [1.54, 1.807) is 11.8 Å². The molecule has 0 saturated carbocycles. The van der Waals surface area contributed by atoms with Crippen molar-refractivity contribution in [3.63, 3.8) is 0 Å². The van der Waals surface area contributed by atoms with Gasteiger partial charge in [-0.2, -0.15) is 0 Å². The number of aliphatic hydroxyl groups excluding tert-OH is 1. The third-order valence-corrected chi connectivity index (χ3v) is 2.66. The number of rotatable bonds is 2. The van der Waals surface area contributed by atoms with Gasteiger partial charge >= 0.3 is 6.09 Å². The Morgan fingerprint density at radius 3 is 2.38 bits per heavy atom. The highest BCUT2D eigenvalue weighted by atomic mass is 16.6. The Bertz CT molecular complexity index is 254. The SMILES string of the molecule is C[C@H](O)C(N)C1CN(C(=O)OC(C)(C)C)C1. The summed E-state index contributed by atoms with van der Waals surface area (Å²) in [5.74, 6) is 0.174. The van der Waals surface area contributed by atoms with E-state index in [0.717, 1.165) is 0 Å². The predicted octanol–water partition coefficient (Wildman–Crippen LogP) is 0.561. The maximum atomic E-state index is 11.6. The van der Waals surface area contributed by atoms with Gasteiger partial charge in [-0.1, -0.05) is 0 Å². The van der Waals surface area contributed by atoms with Gasteiger partial charge in [0.15, 0.2) is 0 Å². The van der Waals surface area contributed by atoms with E-state index in [1.807, 2.05) is 20.8 Å². The number of aliphatic hydroxyl groups is 1. The van der Waals surface area contributed by atoms with Gasteiger partial charge in [0.1, 0.15) is 5.60 Å². The Hall–Kier alpha value is -0.810. The highest BCUT2D eigenvalue weighted by Gasteiger charge is 2.38. The molecule has 1 unspecified atom stereocenters. The van der Waals surface area contributed by atoms with E-state index < -0.39 is 11.7 Å². The standard InChI is InChI=1S/C11H22N2O3/c1-7(14)9(12)8-5-13(6-8)10(15)16-11(2,3)4/h7-9,14H,5-6,12H2,1-4H3/t7-,9?/m0/s1. The first kappa shape index (κ1) is 13.3. The van der Waals surface area contributed by atoms with Crippen LogP contribution in [0.4, 0.5) is 4.79 Å². The van der Waals surface area contributed by atoms with Gasteiger partial charge in [0.2, 0.25) is 0 Å². The highest BCUT2D eigenvalue weighted by Crippen LogP contribution is 2.22. The van der Waals surface area contributed by atoms with Crippen LogP contribution < -0.4 is 5.73 Å². The molecule has 0 aromatic carbocycles. The van der Waals surface area contributed by atoms with E-state index in [-0.39, 0.29) is 18.1 Å². The molecule has 1 heterocycles. The molecule has 5 heteroatoms. The Balaban J connectivity index is 2.33. The summed E-state index contributed by atoms with van der Waals surface area (Å²) in [7, 11) is 0. The van der Waals surface area contributed by atoms with Gasteiger partial charge in [0.05, 0.1) is 6.10 Å². The minimum absolute atomic E-state index is 0.174. The molecule has 1 saturated heterocycles. The predicted molar refractivity (Wildman–Crippen MR) is 61.0 cm³/mol. The minimum atomic E-state index is -0.536. The van der Waals surface area contributed by atoms with Crippen molar-refractivity contribution in [1.82, 2.24) is 4.90 Å². The first-order chi connectivity index (χ1) is 7.20. The molecule has 0 bridgehead atoms. The lowest BCUT2D eigenvalue weighted by Crippen LogP contribution is -2.59. The van der Waals surface area contributed by atoms with Crippen molar-refractivity contribution in [2.24, 2.45) is 11.7 Å². The van der Waals surface area contributed by atoms with Crippen LogP contribution in [0.5, 0.6) is 0 Å². The van der Waals surface area contributed by atoms with Crippen LogP contribution in [0.15, 0.2) is 0 Å². The van der Waals surface area contributed by atoms with Gasteiger partial charge < -0.3 is 20.5 Å². The fourth-order valence-electron chi connectivity index (χ4n) is 1.63. The smallest absolute Gasteiger partial charge is 0.410 e. The molecule has 94 valence electrons. The fraction of sp³-hybridized carbons (Fsp3) is 0.909. The van der Waals surface area contributed by atoms with E-state index in [4.69, 9.17) is 10.5 Å². The maximum absolute atomic E-state index is 11.6. The second kappa shape index (κ2) is 4.59. The molecule has 1 aliphatic rings. The number of nitrogens with two attached hydrogens (primary N) is 1. The van der Waals surface area contributed by atoms with E-state index >= 15 is 0 Å². The normalized spacial score (nSPS) is 21.2. The second-order valence-electron chi connectivity index (χ2n) is 5.46. The molecule has 1 aliphatic heterocycles. The molecule has 1 fully saturated rings. The lowest BCUT2D eigenvalue weighted by Gasteiger charge is -2.43. The zero-order valence-corrected chi connectivity index (χ0v) is 10.4. The summed E-state index contributed by atoms with van der Waals surface area (Å²) >= 11 is 0. The number of nitrogens with zero attached hydrogens (tertiary/aromatic N) is 1. The maximum Gasteiger partial charge on any atom is 0.410 e. The highest BCUT2D eigenvalue weighted by molar-refractivity contribution is 5.69. The molecule has 0 spiro atoms. The average molecular weight is 230 g/mol. The molecule has 1 amide bonds. The van der Waals surface area contributed by atoms with Gasteiger partial charge in [0, 0.05) is 25.0 Å². The summed E-state index contributed by atoms with van der Waals surface area (Å²) in [6, 6.07) is -0.265. The second-order valence-corrected chi connectivity index (χ2v) is 5.46. The third kappa shape index (κ3) is 3.35. The number of ether oxygens (including phenoxy) is 1. The summed E-state index contributed by atoms with van der Waals surface area (Å²) in [6.07, 6.45) is -0.840. The van der Waals surface area contributed by atoms with Gasteiger partial charge in [-0.15, -0.1) is 0 Å². The van der Waals surface area contributed by atoms with Crippen molar-refractivity contribution in [3.8, 4) is 0 Å². The molecule has 16 heavy (non-hydrogen) atoms. The molecule has 2 atom stereocenters. The Morgan fingerprint density at radius 2 is 2.00 bits per heavy atom. The molecular formula is C11H22N2O3. The van der Waals surface area contributed by atoms with Gasteiger partial charge in [-0.25, -0.2) is 4.79 Å². The largest absolute Gasteiger partial charge is 0.444 e. The van der Waals surface area contributed by atoms with Crippen molar-refractivity contribution >= 4 is 6.09 Å². The van der Waals surface area contributed by atoms with Gasteiger partial charge in [-0.05, 0) is 27.7 Å². The van der Waals surface area contributed by atoms with Crippen LogP contribution in [0.2, 0.25) is 0 Å². The zero-order chi connectivity index (χ0) is 12.5. The van der Waals surface area contributed by atoms with Crippen molar-refractivity contribution in [2.45, 2.75) is 45.4 Å². The number of likely N-dealkylation sites (tertiary alicyclic amines) is 1. The molecule has 0 radical (unpaired) electrons. The summed E-state index contributed by atoms with van der Waals surface area (Å²) in [5, 5.41) is 9.31. The Labute approximate surface area is 96.6 Å². The molecule has 0 aromatic rings. The van der Waals surface area contributed by atoms with Crippen LogP contribution in [0, 0.1) is 5.92 Å². The molecule has 0 aromatic heterocycles. The summed E-state index contributed by atoms with van der Waals surface area (Å²) in [4.78, 5) is 13.2. The molecule has 5 nitrogen and oxygen atoms in total. The van der Waals surface area contributed by atoms with Crippen molar-refractivity contribution < 1.29 is 14.6 Å². The fourth-order valence-corrected chi connectivity index (χ4v) is 1.63. The topological polar surface area (TPSA) is 75.8 Å². The van der Waals surface area contributed by atoms with Gasteiger partial charge in [-0.3, -0.25) is 0 Å². The van der Waals surface area contributed by atoms with Crippen LogP contribution in [-0.4, -0.2) is 46.9 Å². The van der Waals surface area contributed by atoms with Crippen molar-refractivity contribution in [1.29, 1.82) is 0 Å². The van der Waals surface area contributed by atoms with Crippen molar-refractivity contribution in [2.75, 3.05) is 13.1 Å². The summed E-state index contributed by atoms with van der Waals surface area (Å²) in [6.45, 7) is 8.32. The van der Waals surface area contributed by atoms with E-state index in [2.05, 4.69) is 0 Å². The van der Waals surface area contributed by atoms with E-state index in [1.165, 1.54) is 0 Å². The Kier molecular flexibility index (Phi) is 3.80. The van der Waals surface area contributed by atoms with Gasteiger partial charge in [0.25, 0.3) is 0 Å². The lowest BCUT2D eigenvalue weighted by atomic mass is 9.89. The lowest BCUT2D eigenvalue weighted by molar-refractivity contribution is -0.0137. The minimum Gasteiger partial charge on any atom is -0.444 e. The Morgan fingerprint density at radius 1 is 1.50 bits per heavy atom. The molecular weight excluding hydrogens is 208 g/mol. The zero-order valence-electron chi connectivity index (χ0n) is 10.4. The molecule has 3 N–H and O–H groups in total.